The molecule has 0 radical (unpaired) electrons. The van der Waals surface area contributed by atoms with E-state index in [-0.39, 0.29) is 17.2 Å². The number of hydrogen-bond donors (Lipinski definition) is 0. The number of ether oxygens (including phenoxy) is 1. The highest BCUT2D eigenvalue weighted by Crippen LogP contribution is 2.30. The fraction of sp³-hybridized carbons (Fsp3) is 0.333. The summed E-state index contributed by atoms with van der Waals surface area (Å²) in [6.07, 6.45) is -10.2. The molecule has 3 aromatic rings. The first kappa shape index (κ1) is 18.9. The van der Waals surface area contributed by atoms with Crippen molar-refractivity contribution in [3.63, 3.8) is 0 Å². The predicted octanol–water partition coefficient (Wildman–Crippen LogP) is 3.84. The molecule has 0 unspecified atom stereocenters. The van der Waals surface area contributed by atoms with Crippen molar-refractivity contribution in [2.75, 3.05) is 0 Å². The minimum Gasteiger partial charge on any atom is -0.465 e. The lowest BCUT2D eigenvalue weighted by Gasteiger charge is -2.16. The molecule has 3 rings (SSSR count). The lowest BCUT2D eigenvalue weighted by atomic mass is 10.1. The molecule has 0 spiro atoms. The van der Waals surface area contributed by atoms with Crippen LogP contribution in [0.2, 0.25) is 0 Å². The van der Waals surface area contributed by atoms with E-state index in [4.69, 9.17) is 4.74 Å². The molecule has 0 saturated heterocycles. The SMILES string of the molecule is Cc1cc2nnc(C(F)(F)F)n2nc1-c1ccc(O[C@H](C)C(F)(F)F)nc1. The van der Waals surface area contributed by atoms with Crippen LogP contribution in [0.4, 0.5) is 26.3 Å². The van der Waals surface area contributed by atoms with E-state index in [1.54, 1.807) is 6.92 Å². The van der Waals surface area contributed by atoms with Gasteiger partial charge in [-0.05, 0) is 31.5 Å². The number of halogens is 6. The number of fused-ring (bicyclic) bond motifs is 1. The van der Waals surface area contributed by atoms with E-state index in [2.05, 4.69) is 20.3 Å². The standard InChI is InChI=1S/C15H11F6N5O/c1-7-5-10-23-24-13(15(19,20)21)26(10)25-12(7)9-3-4-11(22-6-9)27-8(2)14(16,17)18/h3-6,8H,1-2H3/t8-/m1/s1. The minimum absolute atomic E-state index is 0.0875. The van der Waals surface area contributed by atoms with E-state index in [1.165, 1.54) is 18.2 Å². The second-order valence-corrected chi connectivity index (χ2v) is 5.65. The third kappa shape index (κ3) is 3.78. The van der Waals surface area contributed by atoms with Gasteiger partial charge in [-0.1, -0.05) is 0 Å². The maximum atomic E-state index is 13.0. The molecule has 12 heteroatoms. The molecule has 3 aromatic heterocycles. The summed E-state index contributed by atoms with van der Waals surface area (Å²) in [5.41, 5.74) is 0.845. The third-order valence-corrected chi connectivity index (χ3v) is 3.61. The fourth-order valence-corrected chi connectivity index (χ4v) is 2.22. The molecule has 0 aromatic carbocycles. The first-order valence-corrected chi connectivity index (χ1v) is 7.47. The molecule has 0 aliphatic carbocycles. The van der Waals surface area contributed by atoms with Crippen LogP contribution in [0.3, 0.4) is 0 Å². The van der Waals surface area contributed by atoms with Crippen molar-refractivity contribution < 1.29 is 31.1 Å². The van der Waals surface area contributed by atoms with Gasteiger partial charge in [0.2, 0.25) is 5.88 Å². The minimum atomic E-state index is -4.75. The zero-order valence-electron chi connectivity index (χ0n) is 13.8. The molecule has 0 aliphatic heterocycles. The zero-order chi connectivity index (χ0) is 20.0. The largest absolute Gasteiger partial charge is 0.465 e. The van der Waals surface area contributed by atoms with E-state index in [9.17, 15) is 26.3 Å². The Morgan fingerprint density at radius 1 is 1.07 bits per heavy atom. The van der Waals surface area contributed by atoms with Crippen LogP contribution in [0.25, 0.3) is 16.9 Å². The van der Waals surface area contributed by atoms with E-state index in [0.717, 1.165) is 13.1 Å². The summed E-state index contributed by atoms with van der Waals surface area (Å²) < 4.78 is 81.7. The van der Waals surface area contributed by atoms with E-state index in [0.29, 0.717) is 15.6 Å². The Morgan fingerprint density at radius 3 is 2.33 bits per heavy atom. The maximum Gasteiger partial charge on any atom is 0.453 e. The Morgan fingerprint density at radius 2 is 1.78 bits per heavy atom. The molecule has 6 nitrogen and oxygen atoms in total. The van der Waals surface area contributed by atoms with Crippen LogP contribution >= 0.6 is 0 Å². The van der Waals surface area contributed by atoms with Gasteiger partial charge in [0.25, 0.3) is 5.82 Å². The molecule has 3 heterocycles. The number of hydrogen-bond acceptors (Lipinski definition) is 5. The molecule has 0 N–H and O–H groups in total. The van der Waals surface area contributed by atoms with Crippen molar-refractivity contribution >= 4 is 5.65 Å². The number of alkyl halides is 6. The van der Waals surface area contributed by atoms with Crippen molar-refractivity contribution in [1.82, 2.24) is 24.8 Å². The monoisotopic (exact) mass is 391 g/mol. The quantitative estimate of drug-likeness (QED) is 0.635. The van der Waals surface area contributed by atoms with Crippen LogP contribution in [0, 0.1) is 6.92 Å². The number of aryl methyl sites for hydroxylation is 1. The van der Waals surface area contributed by atoms with Gasteiger partial charge < -0.3 is 4.74 Å². The molecule has 1 atom stereocenters. The predicted molar refractivity (Wildman–Crippen MR) is 79.9 cm³/mol. The first-order valence-electron chi connectivity index (χ1n) is 7.47. The van der Waals surface area contributed by atoms with Crippen LogP contribution in [-0.2, 0) is 6.18 Å². The molecular formula is C15H11F6N5O. The van der Waals surface area contributed by atoms with Gasteiger partial charge in [-0.15, -0.1) is 10.2 Å². The first-order chi connectivity index (χ1) is 12.5. The second-order valence-electron chi connectivity index (χ2n) is 5.65. The summed E-state index contributed by atoms with van der Waals surface area (Å²) in [6, 6.07) is 3.89. The van der Waals surface area contributed by atoms with Gasteiger partial charge in [0.05, 0.1) is 5.69 Å². The average Bonchev–Trinajstić information content (AvgIpc) is 2.97. The smallest absolute Gasteiger partial charge is 0.453 e. The van der Waals surface area contributed by atoms with Gasteiger partial charge in [0.15, 0.2) is 11.8 Å². The van der Waals surface area contributed by atoms with Crippen LogP contribution in [-0.4, -0.2) is 37.1 Å². The van der Waals surface area contributed by atoms with Crippen LogP contribution in [0.15, 0.2) is 24.4 Å². The Kier molecular flexibility index (Phi) is 4.44. The third-order valence-electron chi connectivity index (χ3n) is 3.61. The maximum absolute atomic E-state index is 13.0. The summed E-state index contributed by atoms with van der Waals surface area (Å²) >= 11 is 0. The van der Waals surface area contributed by atoms with Crippen LogP contribution in [0.5, 0.6) is 5.88 Å². The number of aromatic nitrogens is 5. The molecule has 0 saturated carbocycles. The summed E-state index contributed by atoms with van der Waals surface area (Å²) in [6.45, 7) is 2.43. The Balaban J connectivity index is 1.96. The number of nitrogens with zero attached hydrogens (tertiary/aromatic N) is 5. The summed E-state index contributed by atoms with van der Waals surface area (Å²) in [5, 5.41) is 10.4. The van der Waals surface area contributed by atoms with Crippen LogP contribution < -0.4 is 4.74 Å². The average molecular weight is 391 g/mol. The fourth-order valence-electron chi connectivity index (χ4n) is 2.22. The molecule has 0 bridgehead atoms. The normalized spacial score (nSPS) is 13.8. The molecule has 144 valence electrons. The number of pyridine rings is 1. The summed E-state index contributed by atoms with van der Waals surface area (Å²) in [7, 11) is 0. The summed E-state index contributed by atoms with van der Waals surface area (Å²) in [4.78, 5) is 3.76. The Labute approximate surface area is 147 Å². The van der Waals surface area contributed by atoms with Gasteiger partial charge in [-0.2, -0.15) is 36.0 Å². The molecule has 0 amide bonds. The zero-order valence-corrected chi connectivity index (χ0v) is 13.8. The molecule has 0 aliphatic rings. The van der Waals surface area contributed by atoms with Gasteiger partial charge in [0, 0.05) is 17.8 Å². The van der Waals surface area contributed by atoms with Crippen LogP contribution in [0.1, 0.15) is 18.3 Å². The highest BCUT2D eigenvalue weighted by Gasteiger charge is 2.39. The van der Waals surface area contributed by atoms with Crippen molar-refractivity contribution in [1.29, 1.82) is 0 Å². The number of rotatable bonds is 3. The Hall–Kier alpha value is -2.92. The van der Waals surface area contributed by atoms with Crippen molar-refractivity contribution in [3.8, 4) is 17.1 Å². The summed E-state index contributed by atoms with van der Waals surface area (Å²) in [5.74, 6) is -1.56. The lowest BCUT2D eigenvalue weighted by Crippen LogP contribution is -2.31. The van der Waals surface area contributed by atoms with Gasteiger partial charge >= 0.3 is 12.4 Å². The van der Waals surface area contributed by atoms with E-state index >= 15 is 0 Å². The molecule has 0 fully saturated rings. The van der Waals surface area contributed by atoms with Crippen molar-refractivity contribution in [3.05, 3.63) is 35.8 Å². The molecule has 27 heavy (non-hydrogen) atoms. The van der Waals surface area contributed by atoms with E-state index in [1.807, 2.05) is 0 Å². The lowest BCUT2D eigenvalue weighted by molar-refractivity contribution is -0.189. The highest BCUT2D eigenvalue weighted by molar-refractivity contribution is 5.64. The van der Waals surface area contributed by atoms with Gasteiger partial charge in [0.1, 0.15) is 0 Å². The van der Waals surface area contributed by atoms with Gasteiger partial charge in [-0.25, -0.2) is 4.98 Å². The van der Waals surface area contributed by atoms with Gasteiger partial charge in [-0.3, -0.25) is 0 Å². The van der Waals surface area contributed by atoms with E-state index < -0.39 is 24.3 Å². The Bertz CT molecular complexity index is 964. The van der Waals surface area contributed by atoms with Crippen molar-refractivity contribution in [2.45, 2.75) is 32.3 Å². The molecular weight excluding hydrogens is 380 g/mol. The second kappa shape index (κ2) is 6.35. The highest BCUT2D eigenvalue weighted by atomic mass is 19.4. The topological polar surface area (TPSA) is 65.2 Å². The van der Waals surface area contributed by atoms with Crippen molar-refractivity contribution in [2.24, 2.45) is 0 Å².